The first-order chi connectivity index (χ1) is 15.0. The molecular weight excluding hydrogens is 450 g/mol. The van der Waals surface area contributed by atoms with Crippen LogP contribution >= 0.6 is 15.9 Å². The van der Waals surface area contributed by atoms with Gasteiger partial charge in [0.15, 0.2) is 11.5 Å². The predicted molar refractivity (Wildman–Crippen MR) is 128 cm³/mol. The molecule has 0 aromatic heterocycles. The van der Waals surface area contributed by atoms with E-state index >= 15 is 0 Å². The van der Waals surface area contributed by atoms with Gasteiger partial charge in [0.25, 0.3) is 0 Å². The molecule has 2 aromatic rings. The monoisotopic (exact) mass is 483 g/mol. The van der Waals surface area contributed by atoms with Gasteiger partial charge < -0.3 is 14.8 Å². The fourth-order valence-electron chi connectivity index (χ4n) is 6.94. The van der Waals surface area contributed by atoms with Gasteiger partial charge in [-0.15, -0.1) is 0 Å². The van der Waals surface area contributed by atoms with Crippen molar-refractivity contribution >= 4 is 15.9 Å². The van der Waals surface area contributed by atoms with E-state index in [1.165, 1.54) is 44.1 Å². The highest BCUT2D eigenvalue weighted by molar-refractivity contribution is 9.10. The summed E-state index contributed by atoms with van der Waals surface area (Å²) in [5.41, 5.74) is 2.90. The van der Waals surface area contributed by atoms with E-state index in [-0.39, 0.29) is 0 Å². The lowest BCUT2D eigenvalue weighted by atomic mass is 9.48. The van der Waals surface area contributed by atoms with Crippen LogP contribution in [-0.4, -0.2) is 13.2 Å². The zero-order valence-electron chi connectivity index (χ0n) is 18.7. The van der Waals surface area contributed by atoms with E-state index in [4.69, 9.17) is 9.47 Å². The molecular formula is C27H34BrNO2. The van der Waals surface area contributed by atoms with Gasteiger partial charge in [0.1, 0.15) is 6.61 Å². The average molecular weight is 484 g/mol. The van der Waals surface area contributed by atoms with Crippen LogP contribution in [0, 0.1) is 23.2 Å². The molecule has 166 valence electrons. The van der Waals surface area contributed by atoms with E-state index in [0.29, 0.717) is 18.1 Å². The summed E-state index contributed by atoms with van der Waals surface area (Å²) in [6.45, 7) is 3.81. The van der Waals surface area contributed by atoms with Crippen molar-refractivity contribution in [3.8, 4) is 11.5 Å². The second kappa shape index (κ2) is 8.78. The van der Waals surface area contributed by atoms with Crippen LogP contribution in [0.25, 0.3) is 0 Å². The Morgan fingerprint density at radius 2 is 1.65 bits per heavy atom. The Bertz CT molecular complexity index is 878. The van der Waals surface area contributed by atoms with E-state index in [1.807, 2.05) is 18.2 Å². The first kappa shape index (κ1) is 21.3. The van der Waals surface area contributed by atoms with Crippen LogP contribution in [0.5, 0.6) is 11.5 Å². The zero-order valence-corrected chi connectivity index (χ0v) is 20.3. The van der Waals surface area contributed by atoms with Crippen LogP contribution in [-0.2, 0) is 13.2 Å². The largest absolute Gasteiger partial charge is 0.493 e. The van der Waals surface area contributed by atoms with Gasteiger partial charge in [-0.05, 0) is 108 Å². The maximum Gasteiger partial charge on any atom is 0.175 e. The van der Waals surface area contributed by atoms with Crippen molar-refractivity contribution in [2.24, 2.45) is 23.2 Å². The third kappa shape index (κ3) is 4.39. The lowest BCUT2D eigenvalue weighted by Gasteiger charge is -2.59. The smallest absolute Gasteiger partial charge is 0.175 e. The molecule has 1 N–H and O–H groups in total. The van der Waals surface area contributed by atoms with Crippen molar-refractivity contribution in [3.05, 3.63) is 58.1 Å². The molecule has 3 nitrogen and oxygen atoms in total. The quantitative estimate of drug-likeness (QED) is 0.451. The fraction of sp³-hybridized carbons (Fsp3) is 0.556. The van der Waals surface area contributed by atoms with Gasteiger partial charge in [-0.2, -0.15) is 0 Å². The number of hydrogen-bond acceptors (Lipinski definition) is 3. The molecule has 6 rings (SSSR count). The van der Waals surface area contributed by atoms with E-state index in [1.54, 1.807) is 7.11 Å². The van der Waals surface area contributed by atoms with Crippen molar-refractivity contribution in [1.82, 2.24) is 5.32 Å². The van der Waals surface area contributed by atoms with E-state index in [9.17, 15) is 0 Å². The van der Waals surface area contributed by atoms with Crippen LogP contribution < -0.4 is 14.8 Å². The minimum Gasteiger partial charge on any atom is -0.493 e. The van der Waals surface area contributed by atoms with Crippen molar-refractivity contribution in [1.29, 1.82) is 0 Å². The lowest BCUT2D eigenvalue weighted by molar-refractivity contribution is -0.0706. The van der Waals surface area contributed by atoms with Crippen LogP contribution in [0.2, 0.25) is 0 Å². The van der Waals surface area contributed by atoms with Crippen LogP contribution in [0.15, 0.2) is 46.9 Å². The number of halogens is 1. The zero-order chi connectivity index (χ0) is 21.4. The number of rotatable bonds is 8. The first-order valence-corrected chi connectivity index (χ1v) is 12.6. The Kier molecular flexibility index (Phi) is 6.04. The minimum absolute atomic E-state index is 0.523. The predicted octanol–water partition coefficient (Wildman–Crippen LogP) is 6.73. The number of benzene rings is 2. The highest BCUT2D eigenvalue weighted by atomic mass is 79.9. The maximum atomic E-state index is 6.10. The highest BCUT2D eigenvalue weighted by Gasteiger charge is 2.52. The molecule has 4 aliphatic carbocycles. The average Bonchev–Trinajstić information content (AvgIpc) is 2.76. The fourth-order valence-corrected chi connectivity index (χ4v) is 7.54. The molecule has 0 aliphatic heterocycles. The molecule has 4 saturated carbocycles. The van der Waals surface area contributed by atoms with Gasteiger partial charge in [0, 0.05) is 12.6 Å². The third-order valence-electron chi connectivity index (χ3n) is 8.13. The Hall–Kier alpha value is -1.52. The summed E-state index contributed by atoms with van der Waals surface area (Å²) in [5, 5.41) is 3.89. The van der Waals surface area contributed by atoms with Crippen molar-refractivity contribution in [3.63, 3.8) is 0 Å². The van der Waals surface area contributed by atoms with Gasteiger partial charge in [-0.25, -0.2) is 0 Å². The molecule has 0 amide bonds. The topological polar surface area (TPSA) is 30.5 Å². The molecule has 4 fully saturated rings. The van der Waals surface area contributed by atoms with Crippen molar-refractivity contribution in [2.75, 3.05) is 7.11 Å². The van der Waals surface area contributed by atoms with Crippen molar-refractivity contribution < 1.29 is 9.47 Å². The Morgan fingerprint density at radius 3 is 2.26 bits per heavy atom. The molecule has 0 heterocycles. The minimum atomic E-state index is 0.523. The van der Waals surface area contributed by atoms with Gasteiger partial charge in [0.05, 0.1) is 11.6 Å². The van der Waals surface area contributed by atoms with E-state index in [0.717, 1.165) is 45.8 Å². The van der Waals surface area contributed by atoms with Gasteiger partial charge >= 0.3 is 0 Å². The van der Waals surface area contributed by atoms with Gasteiger partial charge in [-0.1, -0.05) is 30.3 Å². The number of methoxy groups -OCH3 is 1. The summed E-state index contributed by atoms with van der Waals surface area (Å²) < 4.78 is 12.7. The second-order valence-corrected chi connectivity index (χ2v) is 11.1. The van der Waals surface area contributed by atoms with Crippen molar-refractivity contribution in [2.45, 2.75) is 64.6 Å². The van der Waals surface area contributed by atoms with E-state index in [2.05, 4.69) is 52.4 Å². The summed E-state index contributed by atoms with van der Waals surface area (Å²) in [6.07, 6.45) is 8.81. The number of ether oxygens (including phenoxy) is 2. The Morgan fingerprint density at radius 1 is 1.00 bits per heavy atom. The molecule has 2 aromatic carbocycles. The molecule has 31 heavy (non-hydrogen) atoms. The maximum absolute atomic E-state index is 6.10. The molecule has 0 unspecified atom stereocenters. The molecule has 0 saturated heterocycles. The standard InChI is InChI=1S/C27H34BrNO2/c1-18(27-13-20-8-21(14-27)10-22(9-20)15-27)29-16-23-11-24(28)26(25(12-23)30-2)31-17-19-6-4-3-5-7-19/h3-7,11-12,18,20-22,29H,8-10,13-17H2,1-2H3/t18-,20?,21?,22?,27?/m0/s1. The first-order valence-electron chi connectivity index (χ1n) is 11.8. The molecule has 4 bridgehead atoms. The number of hydrogen-bond donors (Lipinski definition) is 1. The van der Waals surface area contributed by atoms with Gasteiger partial charge in [-0.3, -0.25) is 0 Å². The van der Waals surface area contributed by atoms with Crippen LogP contribution in [0.4, 0.5) is 0 Å². The molecule has 0 spiro atoms. The van der Waals surface area contributed by atoms with Crippen LogP contribution in [0.1, 0.15) is 56.6 Å². The second-order valence-electron chi connectivity index (χ2n) is 10.3. The molecule has 1 atom stereocenters. The van der Waals surface area contributed by atoms with Gasteiger partial charge in [0.2, 0.25) is 0 Å². The Labute approximate surface area is 195 Å². The summed E-state index contributed by atoms with van der Waals surface area (Å²) in [7, 11) is 1.71. The summed E-state index contributed by atoms with van der Waals surface area (Å²) in [4.78, 5) is 0. The molecule has 4 heteroatoms. The summed E-state index contributed by atoms with van der Waals surface area (Å²) in [6, 6.07) is 15.1. The summed E-state index contributed by atoms with van der Waals surface area (Å²) >= 11 is 3.72. The number of nitrogens with one attached hydrogen (secondary N) is 1. The van der Waals surface area contributed by atoms with E-state index < -0.39 is 0 Å². The lowest BCUT2D eigenvalue weighted by Crippen LogP contribution is -2.54. The third-order valence-corrected chi connectivity index (χ3v) is 8.72. The highest BCUT2D eigenvalue weighted by Crippen LogP contribution is 2.61. The molecule has 0 radical (unpaired) electrons. The molecule has 4 aliphatic rings. The SMILES string of the molecule is COc1cc(CN[C@@H](C)C23CC4CC(CC(C4)C2)C3)cc(Br)c1OCc1ccccc1. The summed E-state index contributed by atoms with van der Waals surface area (Å²) in [5.74, 6) is 4.52. The normalized spacial score (nSPS) is 29.7. The Balaban J connectivity index is 1.25. The van der Waals surface area contributed by atoms with Crippen LogP contribution in [0.3, 0.4) is 0 Å².